The van der Waals surface area contributed by atoms with Crippen molar-refractivity contribution in [2.45, 2.75) is 33.7 Å². The van der Waals surface area contributed by atoms with Gasteiger partial charge < -0.3 is 14.0 Å². The van der Waals surface area contributed by atoms with Crippen molar-refractivity contribution in [1.29, 1.82) is 0 Å². The van der Waals surface area contributed by atoms with Gasteiger partial charge in [0.2, 0.25) is 0 Å². The molecule has 0 bridgehead atoms. The van der Waals surface area contributed by atoms with Gasteiger partial charge in [0, 0.05) is 33.0 Å². The van der Waals surface area contributed by atoms with Crippen LogP contribution in [0, 0.1) is 0 Å². The Morgan fingerprint density at radius 2 is 1.54 bits per heavy atom. The highest BCUT2D eigenvalue weighted by atomic mass is 79.9. The quantitative estimate of drug-likeness (QED) is 0.300. The number of rotatable bonds is 6. The highest BCUT2D eigenvalue weighted by Crippen LogP contribution is 2.37. The number of fused-ring (bicyclic) bond motifs is 4. The van der Waals surface area contributed by atoms with Gasteiger partial charge in [-0.25, -0.2) is 9.97 Å². The number of hydrogen-bond acceptors (Lipinski definition) is 4. The van der Waals surface area contributed by atoms with Crippen molar-refractivity contribution in [1.82, 2.24) is 14.5 Å². The first-order valence-electron chi connectivity index (χ1n) is 9.45. The summed E-state index contributed by atoms with van der Waals surface area (Å²) in [6.07, 6.45) is 1.01. The van der Waals surface area contributed by atoms with Crippen molar-refractivity contribution >= 4 is 65.0 Å². The zero-order chi connectivity index (χ0) is 19.8. The molecule has 0 saturated heterocycles. The molecule has 0 amide bonds. The van der Waals surface area contributed by atoms with Gasteiger partial charge in [-0.05, 0) is 48.3 Å². The van der Waals surface area contributed by atoms with Crippen LogP contribution in [-0.4, -0.2) is 27.7 Å². The fourth-order valence-electron chi connectivity index (χ4n) is 3.53. The number of aromatic nitrogens is 3. The number of halogens is 2. The third-order valence-corrected chi connectivity index (χ3v) is 5.63. The molecule has 2 heterocycles. The molecule has 0 radical (unpaired) electrons. The fraction of sp³-hybridized carbons (Fsp3) is 0.333. The van der Waals surface area contributed by atoms with Crippen LogP contribution >= 0.6 is 31.9 Å². The van der Waals surface area contributed by atoms with Crippen LogP contribution in [-0.2, 0) is 6.54 Å². The average molecular weight is 507 g/mol. The van der Waals surface area contributed by atoms with E-state index in [1.807, 2.05) is 26.0 Å². The molecular formula is C21H21Br2N3O2. The topological polar surface area (TPSA) is 49.2 Å². The largest absolute Gasteiger partial charge is 0.490 e. The van der Waals surface area contributed by atoms with Crippen LogP contribution in [0.1, 0.15) is 27.2 Å². The summed E-state index contributed by atoms with van der Waals surface area (Å²) in [6.45, 7) is 8.09. The molecule has 0 aliphatic rings. The summed E-state index contributed by atoms with van der Waals surface area (Å²) >= 11 is 7.32. The van der Waals surface area contributed by atoms with E-state index in [-0.39, 0.29) is 0 Å². The lowest BCUT2D eigenvalue weighted by Gasteiger charge is -2.12. The van der Waals surface area contributed by atoms with E-state index < -0.39 is 0 Å². The summed E-state index contributed by atoms with van der Waals surface area (Å²) in [6, 6.07) is 8.02. The molecule has 0 atom stereocenters. The molecule has 7 heteroatoms. The number of aryl methyl sites for hydroxylation is 1. The monoisotopic (exact) mass is 505 g/mol. The Kier molecular flexibility index (Phi) is 5.47. The van der Waals surface area contributed by atoms with Gasteiger partial charge in [0.15, 0.2) is 17.1 Å². The molecule has 0 spiro atoms. The maximum absolute atomic E-state index is 5.77. The summed E-state index contributed by atoms with van der Waals surface area (Å²) in [5.41, 5.74) is 4.49. The molecule has 2 aromatic carbocycles. The van der Waals surface area contributed by atoms with Gasteiger partial charge in [0.25, 0.3) is 0 Å². The summed E-state index contributed by atoms with van der Waals surface area (Å²) in [5, 5.41) is 1.07. The Labute approximate surface area is 180 Å². The zero-order valence-electron chi connectivity index (χ0n) is 16.1. The fourth-order valence-corrected chi connectivity index (χ4v) is 4.97. The molecular weight excluding hydrogens is 486 g/mol. The standard InChI is InChI=1S/C21H21Br2N3O2/c1-4-7-26-20-13(8-12(22)9-14(20)23)19-21(26)25-16-11-18(28-6-3)17(27-5-2)10-15(16)24-19/h8-11H,4-7H2,1-3H3. The molecule has 0 saturated carbocycles. The molecule has 0 aliphatic heterocycles. The predicted molar refractivity (Wildman–Crippen MR) is 121 cm³/mol. The molecule has 4 aromatic rings. The smallest absolute Gasteiger partial charge is 0.163 e. The molecule has 0 fully saturated rings. The second-order valence-electron chi connectivity index (χ2n) is 6.48. The van der Waals surface area contributed by atoms with Crippen molar-refractivity contribution in [2.75, 3.05) is 13.2 Å². The van der Waals surface area contributed by atoms with Gasteiger partial charge in [0.05, 0.1) is 29.8 Å². The number of benzene rings is 2. The number of nitrogens with zero attached hydrogens (tertiary/aromatic N) is 3. The minimum atomic E-state index is 0.566. The van der Waals surface area contributed by atoms with Gasteiger partial charge in [0.1, 0.15) is 5.52 Å². The third-order valence-electron chi connectivity index (χ3n) is 4.57. The van der Waals surface area contributed by atoms with Crippen molar-refractivity contribution in [2.24, 2.45) is 0 Å². The third kappa shape index (κ3) is 3.24. The Balaban J connectivity index is 2.09. The molecule has 0 N–H and O–H groups in total. The van der Waals surface area contributed by atoms with E-state index in [0.717, 1.165) is 55.0 Å². The van der Waals surface area contributed by atoms with Crippen LogP contribution in [0.3, 0.4) is 0 Å². The minimum Gasteiger partial charge on any atom is -0.490 e. The Morgan fingerprint density at radius 1 is 0.893 bits per heavy atom. The molecule has 0 unspecified atom stereocenters. The lowest BCUT2D eigenvalue weighted by molar-refractivity contribution is 0.288. The van der Waals surface area contributed by atoms with Crippen LogP contribution in [0.2, 0.25) is 0 Å². The second-order valence-corrected chi connectivity index (χ2v) is 8.25. The van der Waals surface area contributed by atoms with E-state index in [1.54, 1.807) is 0 Å². The van der Waals surface area contributed by atoms with Gasteiger partial charge in [-0.15, -0.1) is 0 Å². The van der Waals surface area contributed by atoms with Gasteiger partial charge >= 0.3 is 0 Å². The van der Waals surface area contributed by atoms with Crippen LogP contribution in [0.25, 0.3) is 33.1 Å². The summed E-state index contributed by atoms with van der Waals surface area (Å²) in [4.78, 5) is 9.95. The van der Waals surface area contributed by atoms with E-state index in [0.29, 0.717) is 24.7 Å². The lowest BCUT2D eigenvalue weighted by atomic mass is 10.2. The predicted octanol–water partition coefficient (Wildman–Crippen LogP) is 6.47. The average Bonchev–Trinajstić information content (AvgIpc) is 2.94. The van der Waals surface area contributed by atoms with Gasteiger partial charge in [-0.3, -0.25) is 0 Å². The van der Waals surface area contributed by atoms with Crippen molar-refractivity contribution in [3.63, 3.8) is 0 Å². The van der Waals surface area contributed by atoms with E-state index in [2.05, 4.69) is 55.5 Å². The molecule has 5 nitrogen and oxygen atoms in total. The Hall–Kier alpha value is -1.86. The summed E-state index contributed by atoms with van der Waals surface area (Å²) < 4.78 is 15.8. The number of ether oxygens (including phenoxy) is 2. The maximum Gasteiger partial charge on any atom is 0.163 e. The second kappa shape index (κ2) is 7.87. The Bertz CT molecular complexity index is 1190. The van der Waals surface area contributed by atoms with E-state index >= 15 is 0 Å². The molecule has 2 aromatic heterocycles. The first-order chi connectivity index (χ1) is 13.6. The van der Waals surface area contributed by atoms with Crippen LogP contribution in [0.15, 0.2) is 33.2 Å². The highest BCUT2D eigenvalue weighted by Gasteiger charge is 2.18. The van der Waals surface area contributed by atoms with Crippen LogP contribution < -0.4 is 9.47 Å². The van der Waals surface area contributed by atoms with Gasteiger partial charge in [-0.1, -0.05) is 22.9 Å². The highest BCUT2D eigenvalue weighted by molar-refractivity contribution is 9.11. The summed E-state index contributed by atoms with van der Waals surface area (Å²) in [5.74, 6) is 1.40. The normalized spacial score (nSPS) is 11.6. The van der Waals surface area contributed by atoms with Crippen LogP contribution in [0.4, 0.5) is 0 Å². The van der Waals surface area contributed by atoms with Crippen molar-refractivity contribution < 1.29 is 9.47 Å². The summed E-state index contributed by atoms with van der Waals surface area (Å²) in [7, 11) is 0. The Morgan fingerprint density at radius 3 is 2.14 bits per heavy atom. The van der Waals surface area contributed by atoms with Crippen LogP contribution in [0.5, 0.6) is 11.5 Å². The van der Waals surface area contributed by atoms with E-state index in [9.17, 15) is 0 Å². The van der Waals surface area contributed by atoms with Gasteiger partial charge in [-0.2, -0.15) is 0 Å². The first kappa shape index (κ1) is 19.5. The lowest BCUT2D eigenvalue weighted by Crippen LogP contribution is -2.01. The zero-order valence-corrected chi connectivity index (χ0v) is 19.2. The molecule has 28 heavy (non-hydrogen) atoms. The molecule has 146 valence electrons. The maximum atomic E-state index is 5.77. The van der Waals surface area contributed by atoms with Crippen molar-refractivity contribution in [3.8, 4) is 11.5 Å². The SMILES string of the molecule is CCCn1c2nc3cc(OCC)c(OCC)cc3nc2c2cc(Br)cc(Br)c21. The van der Waals surface area contributed by atoms with Crippen molar-refractivity contribution in [3.05, 3.63) is 33.2 Å². The molecule has 4 rings (SSSR count). The first-order valence-corrected chi connectivity index (χ1v) is 11.0. The van der Waals surface area contributed by atoms with E-state index in [4.69, 9.17) is 19.4 Å². The number of hydrogen-bond donors (Lipinski definition) is 0. The molecule has 0 aliphatic carbocycles. The minimum absolute atomic E-state index is 0.566. The van der Waals surface area contributed by atoms with E-state index in [1.165, 1.54) is 0 Å².